The molecule has 0 aliphatic rings. The first-order valence-electron chi connectivity index (χ1n) is 8.33. The minimum Gasteiger partial charge on any atom is -0.497 e. The van der Waals surface area contributed by atoms with E-state index >= 15 is 0 Å². The summed E-state index contributed by atoms with van der Waals surface area (Å²) < 4.78 is 11.6. The quantitative estimate of drug-likeness (QED) is 0.414. The number of aromatic nitrogens is 2. The molecule has 2 rings (SSSR count). The van der Waals surface area contributed by atoms with Crippen LogP contribution < -0.4 is 4.74 Å². The summed E-state index contributed by atoms with van der Waals surface area (Å²) in [7, 11) is 1.56. The van der Waals surface area contributed by atoms with Crippen molar-refractivity contribution in [3.63, 3.8) is 0 Å². The first kappa shape index (κ1) is 20.2. The molecule has 0 unspecified atom stereocenters. The fourth-order valence-corrected chi connectivity index (χ4v) is 2.34. The topological polar surface area (TPSA) is 125 Å². The molecule has 0 bridgehead atoms. The minimum absolute atomic E-state index is 0.253. The molecule has 1 aromatic carbocycles. The van der Waals surface area contributed by atoms with Gasteiger partial charge in [-0.3, -0.25) is 4.68 Å². The van der Waals surface area contributed by atoms with E-state index in [0.29, 0.717) is 23.6 Å². The molecule has 2 aromatic rings. The van der Waals surface area contributed by atoms with Crippen LogP contribution >= 0.6 is 0 Å². The van der Waals surface area contributed by atoms with E-state index in [1.165, 1.54) is 13.0 Å². The molecule has 1 atom stereocenters. The summed E-state index contributed by atoms with van der Waals surface area (Å²) in [5.74, 6) is -0.210. The zero-order valence-corrected chi connectivity index (χ0v) is 15.4. The van der Waals surface area contributed by atoms with Crippen molar-refractivity contribution in [2.24, 2.45) is 0 Å². The number of hydrogen-bond acceptors (Lipinski definition) is 7. The van der Waals surface area contributed by atoms with Gasteiger partial charge < -0.3 is 9.47 Å². The molecule has 8 nitrogen and oxygen atoms in total. The minimum atomic E-state index is -0.969. The highest BCUT2D eigenvalue weighted by molar-refractivity contribution is 5.99. The molecule has 8 heteroatoms. The van der Waals surface area contributed by atoms with Gasteiger partial charge in [0.1, 0.15) is 23.5 Å². The molecule has 0 radical (unpaired) electrons. The van der Waals surface area contributed by atoms with E-state index in [9.17, 15) is 10.1 Å². The highest BCUT2D eigenvalue weighted by Crippen LogP contribution is 2.26. The highest BCUT2D eigenvalue weighted by atomic mass is 16.5. The number of carbonyl (C=O) groups excluding carboxylic acids is 1. The number of methoxy groups -OCH3 is 1. The zero-order chi connectivity index (χ0) is 20.5. The van der Waals surface area contributed by atoms with Crippen LogP contribution in [0.15, 0.2) is 36.0 Å². The van der Waals surface area contributed by atoms with E-state index in [1.807, 2.05) is 6.07 Å². The van der Waals surface area contributed by atoms with Gasteiger partial charge in [0, 0.05) is 17.3 Å². The maximum atomic E-state index is 12.1. The van der Waals surface area contributed by atoms with Crippen LogP contribution in [0.5, 0.6) is 5.75 Å². The van der Waals surface area contributed by atoms with Gasteiger partial charge in [0.15, 0.2) is 6.10 Å². The van der Waals surface area contributed by atoms with E-state index in [0.717, 1.165) is 5.56 Å². The molecule has 0 fully saturated rings. The van der Waals surface area contributed by atoms with E-state index in [1.54, 1.807) is 54.4 Å². The number of carbonyl (C=O) groups is 1. The zero-order valence-electron chi connectivity index (χ0n) is 15.4. The summed E-state index contributed by atoms with van der Waals surface area (Å²) in [4.78, 5) is 12.1. The van der Waals surface area contributed by atoms with Crippen molar-refractivity contribution in [2.45, 2.75) is 26.0 Å². The number of esters is 1. The maximum absolute atomic E-state index is 12.1. The third-order valence-electron chi connectivity index (χ3n) is 3.71. The van der Waals surface area contributed by atoms with Crippen molar-refractivity contribution in [1.82, 2.24) is 9.78 Å². The number of ether oxygens (including phenoxy) is 2. The van der Waals surface area contributed by atoms with E-state index in [4.69, 9.17) is 20.0 Å². The second-order valence-electron chi connectivity index (χ2n) is 5.68. The summed E-state index contributed by atoms with van der Waals surface area (Å²) in [5.41, 5.74) is 1.55. The number of rotatable bonds is 7. The number of nitrogens with zero attached hydrogens (tertiary/aromatic N) is 5. The van der Waals surface area contributed by atoms with Gasteiger partial charge in [-0.15, -0.1) is 0 Å². The Balaban J connectivity index is 2.46. The fourth-order valence-electron chi connectivity index (χ4n) is 2.34. The molecule has 28 heavy (non-hydrogen) atoms. The third kappa shape index (κ3) is 4.97. The maximum Gasteiger partial charge on any atom is 0.350 e. The van der Waals surface area contributed by atoms with E-state index in [2.05, 4.69) is 5.10 Å². The number of hydrogen-bond donors (Lipinski definition) is 0. The van der Waals surface area contributed by atoms with Gasteiger partial charge in [-0.1, -0.05) is 0 Å². The van der Waals surface area contributed by atoms with E-state index < -0.39 is 12.1 Å². The molecule has 140 valence electrons. The van der Waals surface area contributed by atoms with E-state index in [-0.39, 0.29) is 12.0 Å². The van der Waals surface area contributed by atoms with Crippen molar-refractivity contribution >= 4 is 12.0 Å². The molecular weight excluding hydrogens is 358 g/mol. The number of aryl methyl sites for hydroxylation is 1. The van der Waals surface area contributed by atoms with Crippen LogP contribution in [0.1, 0.15) is 18.9 Å². The van der Waals surface area contributed by atoms with Crippen LogP contribution in [0.4, 0.5) is 0 Å². The third-order valence-corrected chi connectivity index (χ3v) is 3.71. The summed E-state index contributed by atoms with van der Waals surface area (Å²) in [5, 5.41) is 31.4. The van der Waals surface area contributed by atoms with Gasteiger partial charge in [-0.25, -0.2) is 4.79 Å². The lowest BCUT2D eigenvalue weighted by molar-refractivity contribution is -0.140. The fraction of sp³-hybridized carbons (Fsp3) is 0.250. The van der Waals surface area contributed by atoms with Crippen molar-refractivity contribution in [1.29, 1.82) is 15.8 Å². The lowest BCUT2D eigenvalue weighted by Gasteiger charge is -2.05. The predicted molar refractivity (Wildman–Crippen MR) is 99.2 cm³/mol. The monoisotopic (exact) mass is 375 g/mol. The summed E-state index contributed by atoms with van der Waals surface area (Å²) >= 11 is 0. The Hall–Kier alpha value is -4.09. The molecule has 0 aliphatic heterocycles. The lowest BCUT2D eigenvalue weighted by Crippen LogP contribution is -2.14. The molecule has 1 heterocycles. The Bertz CT molecular complexity index is 1000. The van der Waals surface area contributed by atoms with Gasteiger partial charge in [0.2, 0.25) is 0 Å². The number of benzene rings is 1. The Morgan fingerprint density at radius 1 is 1.29 bits per heavy atom. The molecule has 0 saturated heterocycles. The predicted octanol–water partition coefficient (Wildman–Crippen LogP) is 2.83. The Morgan fingerprint density at radius 3 is 2.57 bits per heavy atom. The van der Waals surface area contributed by atoms with Crippen LogP contribution in [0.3, 0.4) is 0 Å². The second kappa shape index (κ2) is 9.56. The summed E-state index contributed by atoms with van der Waals surface area (Å²) in [6.45, 7) is 1.78. The van der Waals surface area contributed by atoms with Crippen molar-refractivity contribution < 1.29 is 14.3 Å². The molecule has 0 N–H and O–H groups in total. The van der Waals surface area contributed by atoms with Gasteiger partial charge in [-0.05, 0) is 37.3 Å². The van der Waals surface area contributed by atoms with Crippen LogP contribution in [0, 0.1) is 34.0 Å². The summed E-state index contributed by atoms with van der Waals surface area (Å²) in [6.07, 6.45) is 2.31. The lowest BCUT2D eigenvalue weighted by atomic mass is 10.1. The smallest absolute Gasteiger partial charge is 0.350 e. The van der Waals surface area contributed by atoms with Gasteiger partial charge in [0.25, 0.3) is 0 Å². The first-order valence-corrected chi connectivity index (χ1v) is 8.33. The Kier molecular flexibility index (Phi) is 6.91. The Labute approximate surface area is 162 Å². The van der Waals surface area contributed by atoms with Gasteiger partial charge >= 0.3 is 5.97 Å². The highest BCUT2D eigenvalue weighted by Gasteiger charge is 2.17. The molecule has 0 saturated carbocycles. The normalized spacial score (nSPS) is 11.6. The second-order valence-corrected chi connectivity index (χ2v) is 5.68. The average molecular weight is 375 g/mol. The molecular formula is C20H17N5O3. The largest absolute Gasteiger partial charge is 0.497 e. The number of nitriles is 3. The van der Waals surface area contributed by atoms with Crippen molar-refractivity contribution in [3.05, 3.63) is 41.6 Å². The first-order chi connectivity index (χ1) is 13.5. The van der Waals surface area contributed by atoms with Crippen LogP contribution in [0.25, 0.3) is 17.3 Å². The average Bonchev–Trinajstić information content (AvgIpc) is 3.12. The molecule has 0 aliphatic carbocycles. The van der Waals surface area contributed by atoms with Gasteiger partial charge in [-0.2, -0.15) is 20.9 Å². The van der Waals surface area contributed by atoms with Crippen molar-refractivity contribution in [2.75, 3.05) is 7.11 Å². The SMILES string of the molecule is COc1ccc(-c2nn(CCC#N)cc2/C=C(\C#N)C(=O)O[C@H](C)C#N)cc1. The molecule has 1 aromatic heterocycles. The van der Waals surface area contributed by atoms with Crippen molar-refractivity contribution in [3.8, 4) is 35.2 Å². The standard InChI is InChI=1S/C20H17N5O3/c1-14(11-22)28-20(26)16(12-23)10-17-13-25(9-3-8-21)24-19(17)15-4-6-18(27-2)7-5-15/h4-7,10,13-14H,3,9H2,1-2H3/b16-10+/t14-/m1/s1. The molecule has 0 spiro atoms. The van der Waals surface area contributed by atoms with Crippen LogP contribution in [-0.2, 0) is 16.1 Å². The molecule has 0 amide bonds. The van der Waals surface area contributed by atoms with Gasteiger partial charge in [0.05, 0.1) is 31.8 Å². The van der Waals surface area contributed by atoms with Crippen LogP contribution in [0.2, 0.25) is 0 Å². The Morgan fingerprint density at radius 2 is 2.00 bits per heavy atom. The summed E-state index contributed by atoms with van der Waals surface area (Å²) in [6, 6.07) is 12.8. The van der Waals surface area contributed by atoms with Crippen LogP contribution in [-0.4, -0.2) is 29.0 Å².